The summed E-state index contributed by atoms with van der Waals surface area (Å²) in [6.07, 6.45) is 7.75. The van der Waals surface area contributed by atoms with Crippen LogP contribution in [0.3, 0.4) is 0 Å². The molecule has 0 heterocycles. The van der Waals surface area contributed by atoms with E-state index in [0.29, 0.717) is 17.0 Å². The molecule has 1 aromatic rings. The van der Waals surface area contributed by atoms with Gasteiger partial charge in [-0.1, -0.05) is 19.3 Å². The van der Waals surface area contributed by atoms with Crippen LogP contribution in [0.2, 0.25) is 0 Å². The van der Waals surface area contributed by atoms with Crippen LogP contribution in [0.4, 0.5) is 5.69 Å². The Hall–Kier alpha value is -2.24. The summed E-state index contributed by atoms with van der Waals surface area (Å²) in [4.78, 5) is 22.2. The first-order valence-electron chi connectivity index (χ1n) is 7.16. The zero-order valence-corrected chi connectivity index (χ0v) is 12.0. The topological polar surface area (TPSA) is 84.6 Å². The second-order valence-corrected chi connectivity index (χ2v) is 5.38. The van der Waals surface area contributed by atoms with Crippen LogP contribution in [-0.4, -0.2) is 17.0 Å². The van der Waals surface area contributed by atoms with E-state index in [9.17, 15) is 14.9 Å². The van der Waals surface area contributed by atoms with E-state index >= 15 is 0 Å². The Kier molecular flexibility index (Phi) is 5.03. The number of nitrogens with one attached hydrogen (secondary N) is 1. The van der Waals surface area contributed by atoms with E-state index in [1.807, 2.05) is 0 Å². The number of hydrazone groups is 1. The van der Waals surface area contributed by atoms with Crippen molar-refractivity contribution in [2.45, 2.75) is 39.0 Å². The van der Waals surface area contributed by atoms with E-state index < -0.39 is 4.92 Å². The fourth-order valence-electron chi connectivity index (χ4n) is 2.55. The van der Waals surface area contributed by atoms with Crippen molar-refractivity contribution in [1.29, 1.82) is 0 Å². The molecule has 0 radical (unpaired) electrons. The molecule has 6 heteroatoms. The maximum absolute atomic E-state index is 11.9. The minimum absolute atomic E-state index is 0.0113. The predicted molar refractivity (Wildman–Crippen MR) is 80.4 cm³/mol. The van der Waals surface area contributed by atoms with Gasteiger partial charge in [-0.25, -0.2) is 5.43 Å². The van der Waals surface area contributed by atoms with Crippen LogP contribution in [0.5, 0.6) is 0 Å². The number of hydrogen-bond donors (Lipinski definition) is 1. The average molecular weight is 289 g/mol. The summed E-state index contributed by atoms with van der Waals surface area (Å²) in [6, 6.07) is 4.29. The molecule has 0 atom stereocenters. The van der Waals surface area contributed by atoms with Crippen LogP contribution < -0.4 is 5.43 Å². The third-order valence-electron chi connectivity index (χ3n) is 3.76. The zero-order valence-electron chi connectivity index (χ0n) is 12.0. The summed E-state index contributed by atoms with van der Waals surface area (Å²) < 4.78 is 0. The van der Waals surface area contributed by atoms with Gasteiger partial charge in [0, 0.05) is 23.4 Å². The van der Waals surface area contributed by atoms with Crippen molar-refractivity contribution in [3.05, 3.63) is 39.4 Å². The molecule has 1 fully saturated rings. The lowest BCUT2D eigenvalue weighted by atomic mass is 9.90. The van der Waals surface area contributed by atoms with Gasteiger partial charge in [-0.3, -0.25) is 14.9 Å². The Labute approximate surface area is 123 Å². The Bertz CT molecular complexity index is 563. The van der Waals surface area contributed by atoms with Gasteiger partial charge in [0.05, 0.1) is 4.92 Å². The number of carbonyl (C=O) groups is 1. The monoisotopic (exact) mass is 289 g/mol. The first kappa shape index (κ1) is 15.2. The molecule has 0 spiro atoms. The molecular formula is C15H19N3O3. The number of nitro groups is 1. The summed E-state index contributed by atoms with van der Waals surface area (Å²) in [5.41, 5.74) is 3.33. The molecule has 6 nitrogen and oxygen atoms in total. The second-order valence-electron chi connectivity index (χ2n) is 5.38. The zero-order chi connectivity index (χ0) is 15.2. The molecule has 2 rings (SSSR count). The lowest BCUT2D eigenvalue weighted by Crippen LogP contribution is -2.19. The van der Waals surface area contributed by atoms with Crippen molar-refractivity contribution < 1.29 is 9.72 Å². The number of nitrogens with zero attached hydrogens (tertiary/aromatic N) is 2. The Balaban J connectivity index is 1.95. The Morgan fingerprint density at radius 3 is 2.71 bits per heavy atom. The SMILES string of the molecule is Cc1cc(C(=O)N/N=C\C2CCCCC2)ccc1[N+](=O)[O-]. The molecule has 112 valence electrons. The van der Waals surface area contributed by atoms with Crippen molar-refractivity contribution in [3.8, 4) is 0 Å². The normalized spacial score (nSPS) is 16.0. The third kappa shape index (κ3) is 4.11. The van der Waals surface area contributed by atoms with Gasteiger partial charge in [0.25, 0.3) is 11.6 Å². The van der Waals surface area contributed by atoms with Gasteiger partial charge in [0.1, 0.15) is 0 Å². The van der Waals surface area contributed by atoms with Crippen molar-refractivity contribution in [3.63, 3.8) is 0 Å². The number of amides is 1. The van der Waals surface area contributed by atoms with Crippen molar-refractivity contribution in [2.75, 3.05) is 0 Å². The minimum Gasteiger partial charge on any atom is -0.267 e. The van der Waals surface area contributed by atoms with Crippen molar-refractivity contribution in [2.24, 2.45) is 11.0 Å². The molecule has 0 unspecified atom stereocenters. The number of rotatable bonds is 4. The highest BCUT2D eigenvalue weighted by Gasteiger charge is 2.14. The first-order valence-corrected chi connectivity index (χ1v) is 7.16. The quantitative estimate of drug-likeness (QED) is 0.524. The van der Waals surface area contributed by atoms with Gasteiger partial charge in [-0.05, 0) is 37.8 Å². The van der Waals surface area contributed by atoms with Gasteiger partial charge in [0.2, 0.25) is 0 Å². The summed E-state index contributed by atoms with van der Waals surface area (Å²) >= 11 is 0. The number of hydrogen-bond acceptors (Lipinski definition) is 4. The Morgan fingerprint density at radius 1 is 1.38 bits per heavy atom. The highest BCUT2D eigenvalue weighted by Crippen LogP contribution is 2.22. The molecule has 0 bridgehead atoms. The van der Waals surface area contributed by atoms with E-state index in [0.717, 1.165) is 12.8 Å². The van der Waals surface area contributed by atoms with Gasteiger partial charge in [-0.15, -0.1) is 0 Å². The molecule has 1 aliphatic rings. The summed E-state index contributed by atoms with van der Waals surface area (Å²) in [5.74, 6) is 0.0951. The van der Waals surface area contributed by atoms with Crippen LogP contribution in [0.1, 0.15) is 48.0 Å². The summed E-state index contributed by atoms with van der Waals surface area (Å²) in [5, 5.41) is 14.7. The molecule has 0 aromatic heterocycles. The maximum Gasteiger partial charge on any atom is 0.272 e. The van der Waals surface area contributed by atoms with E-state index in [1.54, 1.807) is 13.1 Å². The van der Waals surface area contributed by atoms with Crippen LogP contribution in [0.15, 0.2) is 23.3 Å². The van der Waals surface area contributed by atoms with Crippen molar-refractivity contribution in [1.82, 2.24) is 5.43 Å². The lowest BCUT2D eigenvalue weighted by Gasteiger charge is -2.16. The summed E-state index contributed by atoms with van der Waals surface area (Å²) in [6.45, 7) is 1.61. The average Bonchev–Trinajstić information content (AvgIpc) is 2.47. The van der Waals surface area contributed by atoms with E-state index in [4.69, 9.17) is 0 Å². The molecule has 1 N–H and O–H groups in total. The van der Waals surface area contributed by atoms with Gasteiger partial charge in [0.15, 0.2) is 0 Å². The van der Waals surface area contributed by atoms with Gasteiger partial charge in [-0.2, -0.15) is 5.10 Å². The standard InChI is InChI=1S/C15H19N3O3/c1-11-9-13(7-8-14(11)18(20)21)15(19)17-16-10-12-5-3-2-4-6-12/h7-10,12H,2-6H2,1H3,(H,17,19)/b16-10-. The molecule has 1 aliphatic carbocycles. The summed E-state index contributed by atoms with van der Waals surface area (Å²) in [7, 11) is 0. The third-order valence-corrected chi connectivity index (χ3v) is 3.76. The molecule has 21 heavy (non-hydrogen) atoms. The molecular weight excluding hydrogens is 270 g/mol. The highest BCUT2D eigenvalue weighted by molar-refractivity contribution is 5.94. The fourth-order valence-corrected chi connectivity index (χ4v) is 2.55. The highest BCUT2D eigenvalue weighted by atomic mass is 16.6. The second kappa shape index (κ2) is 6.97. The number of carbonyl (C=O) groups excluding carboxylic acids is 1. The van der Waals surface area contributed by atoms with Crippen molar-refractivity contribution >= 4 is 17.8 Å². The number of benzene rings is 1. The minimum atomic E-state index is -0.460. The smallest absolute Gasteiger partial charge is 0.267 e. The predicted octanol–water partition coefficient (Wildman–Crippen LogP) is 3.20. The Morgan fingerprint density at radius 2 is 2.10 bits per heavy atom. The lowest BCUT2D eigenvalue weighted by molar-refractivity contribution is -0.385. The van der Waals surface area contributed by atoms with Crippen LogP contribution >= 0.6 is 0 Å². The van der Waals surface area contributed by atoms with Crippen LogP contribution in [0, 0.1) is 23.0 Å². The molecule has 0 aliphatic heterocycles. The number of aryl methyl sites for hydroxylation is 1. The van der Waals surface area contributed by atoms with Gasteiger partial charge < -0.3 is 0 Å². The van der Waals surface area contributed by atoms with E-state index in [-0.39, 0.29) is 11.6 Å². The fraction of sp³-hybridized carbons (Fsp3) is 0.467. The molecule has 1 amide bonds. The van der Waals surface area contributed by atoms with Crippen LogP contribution in [-0.2, 0) is 0 Å². The molecule has 0 saturated heterocycles. The van der Waals surface area contributed by atoms with Crippen LogP contribution in [0.25, 0.3) is 0 Å². The molecule has 1 aromatic carbocycles. The number of nitro benzene ring substituents is 1. The van der Waals surface area contributed by atoms with Gasteiger partial charge >= 0.3 is 0 Å². The maximum atomic E-state index is 11.9. The van der Waals surface area contributed by atoms with E-state index in [2.05, 4.69) is 10.5 Å². The largest absolute Gasteiger partial charge is 0.272 e. The van der Waals surface area contributed by atoms with E-state index in [1.165, 1.54) is 37.5 Å². The molecule has 1 saturated carbocycles. The first-order chi connectivity index (χ1) is 10.1.